The van der Waals surface area contributed by atoms with Crippen molar-refractivity contribution < 1.29 is 18.7 Å². The first-order valence-corrected chi connectivity index (χ1v) is 10.3. The fourth-order valence-electron chi connectivity index (χ4n) is 3.21. The molecule has 0 spiro atoms. The monoisotopic (exact) mass is 398 g/mol. The maximum atomic E-state index is 13.2. The quantitative estimate of drug-likeness (QED) is 0.571. The summed E-state index contributed by atoms with van der Waals surface area (Å²) in [5.41, 5.74) is 3.23. The summed E-state index contributed by atoms with van der Waals surface area (Å²) in [6.07, 6.45) is 3.70. The van der Waals surface area contributed by atoms with Crippen LogP contribution in [-0.4, -0.2) is 35.0 Å². The van der Waals surface area contributed by atoms with Crippen molar-refractivity contribution in [2.75, 3.05) is 13.2 Å². The number of hydrogen-bond donors (Lipinski definition) is 0. The SMILES string of the molecule is O=C(c1cccc(OCc2cscn2)c1)N(Cc1ccco1)CC1CCCO1. The first kappa shape index (κ1) is 18.7. The summed E-state index contributed by atoms with van der Waals surface area (Å²) in [4.78, 5) is 19.2. The maximum Gasteiger partial charge on any atom is 0.254 e. The molecule has 1 amide bonds. The van der Waals surface area contributed by atoms with Gasteiger partial charge in [0, 0.05) is 24.1 Å². The van der Waals surface area contributed by atoms with Gasteiger partial charge in [0.05, 0.1) is 30.1 Å². The highest BCUT2D eigenvalue weighted by Crippen LogP contribution is 2.20. The molecule has 1 atom stereocenters. The number of furan rings is 1. The van der Waals surface area contributed by atoms with Crippen molar-refractivity contribution in [1.29, 1.82) is 0 Å². The van der Waals surface area contributed by atoms with Crippen molar-refractivity contribution in [1.82, 2.24) is 9.88 Å². The Balaban J connectivity index is 1.47. The number of benzene rings is 1. The molecule has 3 aromatic rings. The molecular formula is C21H22N2O4S. The minimum absolute atomic E-state index is 0.0639. The Labute approximate surface area is 167 Å². The molecule has 1 unspecified atom stereocenters. The Morgan fingerprint density at radius 2 is 2.29 bits per heavy atom. The Morgan fingerprint density at radius 1 is 1.32 bits per heavy atom. The van der Waals surface area contributed by atoms with E-state index in [9.17, 15) is 4.79 Å². The van der Waals surface area contributed by atoms with Gasteiger partial charge in [0.15, 0.2) is 0 Å². The van der Waals surface area contributed by atoms with E-state index in [1.54, 1.807) is 22.7 Å². The molecule has 0 aliphatic carbocycles. The lowest BCUT2D eigenvalue weighted by atomic mass is 10.1. The molecule has 4 rings (SSSR count). The second-order valence-electron chi connectivity index (χ2n) is 6.70. The second kappa shape index (κ2) is 9.03. The van der Waals surface area contributed by atoms with E-state index in [0.29, 0.717) is 31.0 Å². The minimum Gasteiger partial charge on any atom is -0.487 e. The lowest BCUT2D eigenvalue weighted by Crippen LogP contribution is -2.36. The third-order valence-electron chi connectivity index (χ3n) is 4.61. The molecule has 0 saturated carbocycles. The molecular weight excluding hydrogens is 376 g/mol. The number of thiazole rings is 1. The number of hydrogen-bond acceptors (Lipinski definition) is 6. The van der Waals surface area contributed by atoms with Gasteiger partial charge in [-0.25, -0.2) is 4.98 Å². The summed E-state index contributed by atoms with van der Waals surface area (Å²) in [6, 6.07) is 11.0. The Hall–Kier alpha value is -2.64. The Morgan fingerprint density at radius 3 is 3.04 bits per heavy atom. The Bertz CT molecular complexity index is 874. The standard InChI is InChI=1S/C21H22N2O4S/c24-21(16-4-1-5-18(10-16)27-13-17-14-28-15-22-17)23(11-19-6-2-8-25-19)12-20-7-3-9-26-20/h1-2,4-6,8,10,14-15,20H,3,7,9,11-13H2. The molecule has 0 bridgehead atoms. The van der Waals surface area contributed by atoms with Crippen molar-refractivity contribution in [3.05, 3.63) is 70.6 Å². The van der Waals surface area contributed by atoms with Crippen molar-refractivity contribution in [3.63, 3.8) is 0 Å². The molecule has 1 saturated heterocycles. The number of amides is 1. The number of carbonyl (C=O) groups excluding carboxylic acids is 1. The van der Waals surface area contributed by atoms with E-state index in [-0.39, 0.29) is 12.0 Å². The smallest absolute Gasteiger partial charge is 0.254 e. The number of rotatable bonds is 8. The van der Waals surface area contributed by atoms with Crippen molar-refractivity contribution in [2.24, 2.45) is 0 Å². The van der Waals surface area contributed by atoms with Crippen molar-refractivity contribution in [3.8, 4) is 5.75 Å². The number of nitrogens with zero attached hydrogens (tertiary/aromatic N) is 2. The van der Waals surface area contributed by atoms with E-state index in [2.05, 4.69) is 4.98 Å². The lowest BCUT2D eigenvalue weighted by molar-refractivity contribution is 0.0491. The van der Waals surface area contributed by atoms with Crippen LogP contribution in [0.5, 0.6) is 5.75 Å². The van der Waals surface area contributed by atoms with Gasteiger partial charge in [-0.2, -0.15) is 0 Å². The third kappa shape index (κ3) is 4.79. The van der Waals surface area contributed by atoms with Crippen LogP contribution in [0, 0.1) is 0 Å². The molecule has 1 aliphatic rings. The molecule has 7 heteroatoms. The third-order valence-corrected chi connectivity index (χ3v) is 5.25. The molecule has 2 aromatic heterocycles. The van der Waals surface area contributed by atoms with Gasteiger partial charge in [0.2, 0.25) is 0 Å². The van der Waals surface area contributed by atoms with E-state index in [1.807, 2.05) is 35.7 Å². The van der Waals surface area contributed by atoms with E-state index < -0.39 is 0 Å². The highest BCUT2D eigenvalue weighted by Gasteiger charge is 2.24. The Kier molecular flexibility index (Phi) is 6.04. The predicted octanol–water partition coefficient (Wildman–Crippen LogP) is 4.14. The van der Waals surface area contributed by atoms with Crippen LogP contribution in [0.25, 0.3) is 0 Å². The van der Waals surface area contributed by atoms with Gasteiger partial charge < -0.3 is 18.8 Å². The zero-order valence-corrected chi connectivity index (χ0v) is 16.3. The highest BCUT2D eigenvalue weighted by molar-refractivity contribution is 7.07. The summed E-state index contributed by atoms with van der Waals surface area (Å²) in [5.74, 6) is 1.34. The van der Waals surface area contributed by atoms with Gasteiger partial charge in [-0.15, -0.1) is 11.3 Å². The average molecular weight is 398 g/mol. The summed E-state index contributed by atoms with van der Waals surface area (Å²) in [6.45, 7) is 2.10. The average Bonchev–Trinajstić information content (AvgIpc) is 3.49. The van der Waals surface area contributed by atoms with Gasteiger partial charge in [-0.1, -0.05) is 6.07 Å². The molecule has 1 aliphatic heterocycles. The summed E-state index contributed by atoms with van der Waals surface area (Å²) >= 11 is 1.53. The summed E-state index contributed by atoms with van der Waals surface area (Å²) in [7, 11) is 0. The number of aromatic nitrogens is 1. The van der Waals surface area contributed by atoms with Crippen LogP contribution >= 0.6 is 11.3 Å². The molecule has 0 radical (unpaired) electrons. The van der Waals surface area contributed by atoms with E-state index in [0.717, 1.165) is 30.9 Å². The van der Waals surface area contributed by atoms with Crippen molar-refractivity contribution in [2.45, 2.75) is 32.1 Å². The van der Waals surface area contributed by atoms with Crippen LogP contribution in [0.1, 0.15) is 34.7 Å². The zero-order valence-electron chi connectivity index (χ0n) is 15.5. The normalized spacial score (nSPS) is 16.2. The zero-order chi connectivity index (χ0) is 19.2. The van der Waals surface area contributed by atoms with Gasteiger partial charge in [-0.05, 0) is 43.2 Å². The maximum absolute atomic E-state index is 13.2. The summed E-state index contributed by atoms with van der Waals surface area (Å²) in [5, 5.41) is 1.95. The van der Waals surface area contributed by atoms with Crippen LogP contribution in [0.3, 0.4) is 0 Å². The van der Waals surface area contributed by atoms with E-state index in [1.165, 1.54) is 11.3 Å². The van der Waals surface area contributed by atoms with Gasteiger partial charge in [0.1, 0.15) is 18.1 Å². The van der Waals surface area contributed by atoms with E-state index in [4.69, 9.17) is 13.9 Å². The minimum atomic E-state index is -0.0639. The molecule has 0 N–H and O–H groups in total. The van der Waals surface area contributed by atoms with Crippen molar-refractivity contribution >= 4 is 17.2 Å². The second-order valence-corrected chi connectivity index (χ2v) is 7.42. The topological polar surface area (TPSA) is 64.8 Å². The number of ether oxygens (including phenoxy) is 2. The van der Waals surface area contributed by atoms with Gasteiger partial charge >= 0.3 is 0 Å². The molecule has 1 aromatic carbocycles. The highest BCUT2D eigenvalue weighted by atomic mass is 32.1. The van der Waals surface area contributed by atoms with Crippen LogP contribution in [0.15, 0.2) is 58.0 Å². The fourth-order valence-corrected chi connectivity index (χ4v) is 3.75. The predicted molar refractivity (Wildman–Crippen MR) is 105 cm³/mol. The molecule has 3 heterocycles. The first-order chi connectivity index (χ1) is 13.8. The van der Waals surface area contributed by atoms with E-state index >= 15 is 0 Å². The van der Waals surface area contributed by atoms with Crippen LogP contribution in [0.2, 0.25) is 0 Å². The van der Waals surface area contributed by atoms with Gasteiger partial charge in [0.25, 0.3) is 5.91 Å². The molecule has 1 fully saturated rings. The molecule has 146 valence electrons. The largest absolute Gasteiger partial charge is 0.487 e. The number of carbonyl (C=O) groups is 1. The van der Waals surface area contributed by atoms with Crippen LogP contribution in [-0.2, 0) is 17.9 Å². The first-order valence-electron chi connectivity index (χ1n) is 9.31. The molecule has 6 nitrogen and oxygen atoms in total. The lowest BCUT2D eigenvalue weighted by Gasteiger charge is -2.25. The van der Waals surface area contributed by atoms with Crippen LogP contribution < -0.4 is 4.74 Å². The fraction of sp³-hybridized carbons (Fsp3) is 0.333. The van der Waals surface area contributed by atoms with Crippen LogP contribution in [0.4, 0.5) is 0 Å². The molecule has 28 heavy (non-hydrogen) atoms. The summed E-state index contributed by atoms with van der Waals surface area (Å²) < 4.78 is 17.0. The van der Waals surface area contributed by atoms with Gasteiger partial charge in [-0.3, -0.25) is 4.79 Å².